The average molecular weight is 442 g/mol. The number of nitrogens with one attached hydrogen (secondary N) is 2. The van der Waals surface area contributed by atoms with E-state index in [1.807, 2.05) is 0 Å². The van der Waals surface area contributed by atoms with E-state index in [0.29, 0.717) is 15.4 Å². The van der Waals surface area contributed by atoms with Gasteiger partial charge < -0.3 is 15.4 Å². The molecule has 0 aliphatic carbocycles. The number of hydrogen-bond acceptors (Lipinski definition) is 5. The number of carbonyl (C=O) groups excluding carboxylic acids is 3. The first-order chi connectivity index (χ1) is 13.9. The molecule has 0 radical (unpaired) electrons. The molecule has 0 saturated heterocycles. The molecule has 2 N–H and O–H groups in total. The highest BCUT2D eigenvalue weighted by Crippen LogP contribution is 2.34. The quantitative estimate of drug-likeness (QED) is 0.656. The second-order valence-corrected chi connectivity index (χ2v) is 7.73. The van der Waals surface area contributed by atoms with E-state index in [1.165, 1.54) is 19.1 Å². The fourth-order valence-corrected chi connectivity index (χ4v) is 3.76. The molecule has 1 heterocycles. The SMILES string of the molecule is CCOC(=O)c1sc(NC(=O)C(C)(NC(C)=O)c2cccc(C(F)(F)F)c2)cc1C. The summed E-state index contributed by atoms with van der Waals surface area (Å²) >= 11 is 0.974. The minimum atomic E-state index is -4.61. The molecule has 0 bridgehead atoms. The lowest BCUT2D eigenvalue weighted by Gasteiger charge is -2.30. The van der Waals surface area contributed by atoms with Gasteiger partial charge in [0.1, 0.15) is 10.4 Å². The molecule has 0 aliphatic heterocycles. The van der Waals surface area contributed by atoms with E-state index >= 15 is 0 Å². The summed E-state index contributed by atoms with van der Waals surface area (Å²) in [4.78, 5) is 37.0. The van der Waals surface area contributed by atoms with Gasteiger partial charge in [-0.1, -0.05) is 12.1 Å². The van der Waals surface area contributed by atoms with Crippen LogP contribution in [0.2, 0.25) is 0 Å². The van der Waals surface area contributed by atoms with Crippen molar-refractivity contribution in [2.45, 2.75) is 39.4 Å². The van der Waals surface area contributed by atoms with Gasteiger partial charge in [-0.05, 0) is 50.1 Å². The maximum absolute atomic E-state index is 13.1. The van der Waals surface area contributed by atoms with Crippen molar-refractivity contribution >= 4 is 34.1 Å². The lowest BCUT2D eigenvalue weighted by atomic mass is 9.89. The fraction of sp³-hybridized carbons (Fsp3) is 0.350. The molecule has 0 saturated carbocycles. The van der Waals surface area contributed by atoms with Gasteiger partial charge in [-0.15, -0.1) is 11.3 Å². The van der Waals surface area contributed by atoms with Gasteiger partial charge in [0.15, 0.2) is 0 Å². The third-order valence-electron chi connectivity index (χ3n) is 4.26. The van der Waals surface area contributed by atoms with Crippen molar-refractivity contribution in [3.05, 3.63) is 51.9 Å². The van der Waals surface area contributed by atoms with Gasteiger partial charge in [0.2, 0.25) is 5.91 Å². The van der Waals surface area contributed by atoms with Crippen LogP contribution in [0.25, 0.3) is 0 Å². The summed E-state index contributed by atoms with van der Waals surface area (Å²) in [6.07, 6.45) is -4.61. The summed E-state index contributed by atoms with van der Waals surface area (Å²) < 4.78 is 44.3. The Hall–Kier alpha value is -2.88. The molecule has 1 atom stereocenters. The molecule has 2 amide bonds. The zero-order valence-electron chi connectivity index (χ0n) is 16.8. The predicted molar refractivity (Wildman–Crippen MR) is 106 cm³/mol. The van der Waals surface area contributed by atoms with E-state index in [0.717, 1.165) is 30.4 Å². The molecule has 0 spiro atoms. The van der Waals surface area contributed by atoms with Gasteiger partial charge in [-0.3, -0.25) is 9.59 Å². The molecule has 0 aliphatic rings. The Labute approximate surface area is 175 Å². The molecule has 30 heavy (non-hydrogen) atoms. The number of aryl methyl sites for hydroxylation is 1. The van der Waals surface area contributed by atoms with Crippen molar-refractivity contribution < 1.29 is 32.3 Å². The van der Waals surface area contributed by atoms with E-state index in [9.17, 15) is 27.6 Å². The molecule has 162 valence electrons. The third kappa shape index (κ3) is 5.18. The molecule has 1 aromatic heterocycles. The maximum atomic E-state index is 13.1. The zero-order valence-corrected chi connectivity index (χ0v) is 17.6. The predicted octanol–water partition coefficient (Wildman–Crippen LogP) is 4.24. The van der Waals surface area contributed by atoms with Crippen LogP contribution in [0.4, 0.5) is 18.2 Å². The van der Waals surface area contributed by atoms with Gasteiger partial charge in [-0.25, -0.2) is 4.79 Å². The van der Waals surface area contributed by atoms with Crippen LogP contribution in [0.1, 0.15) is 47.1 Å². The van der Waals surface area contributed by atoms with Gasteiger partial charge in [-0.2, -0.15) is 13.2 Å². The first-order valence-corrected chi connectivity index (χ1v) is 9.75. The normalized spacial score (nSPS) is 13.3. The number of benzene rings is 1. The minimum Gasteiger partial charge on any atom is -0.462 e. The molecule has 6 nitrogen and oxygen atoms in total. The molecule has 2 aromatic rings. The number of amides is 2. The highest BCUT2D eigenvalue weighted by Gasteiger charge is 2.39. The van der Waals surface area contributed by atoms with Crippen LogP contribution in [-0.2, 0) is 26.0 Å². The number of ether oxygens (including phenoxy) is 1. The van der Waals surface area contributed by atoms with Crippen LogP contribution in [0.15, 0.2) is 30.3 Å². The number of anilines is 1. The van der Waals surface area contributed by atoms with Gasteiger partial charge >= 0.3 is 12.1 Å². The van der Waals surface area contributed by atoms with Crippen molar-refractivity contribution in [3.63, 3.8) is 0 Å². The number of hydrogen-bond donors (Lipinski definition) is 2. The first kappa shape index (κ1) is 23.4. The van der Waals surface area contributed by atoms with E-state index in [-0.39, 0.29) is 12.2 Å². The summed E-state index contributed by atoms with van der Waals surface area (Å²) in [5, 5.41) is 5.30. The van der Waals surface area contributed by atoms with E-state index < -0.39 is 35.1 Å². The Morgan fingerprint density at radius 3 is 2.33 bits per heavy atom. The van der Waals surface area contributed by atoms with Crippen molar-refractivity contribution in [3.8, 4) is 0 Å². The number of carbonyl (C=O) groups is 3. The Kier molecular flexibility index (Phi) is 6.91. The molecular weight excluding hydrogens is 421 g/mol. The van der Waals surface area contributed by atoms with Crippen molar-refractivity contribution in [1.29, 1.82) is 0 Å². The summed E-state index contributed by atoms with van der Waals surface area (Å²) in [6.45, 7) is 5.99. The van der Waals surface area contributed by atoms with Crippen LogP contribution < -0.4 is 10.6 Å². The second-order valence-electron chi connectivity index (χ2n) is 6.68. The first-order valence-electron chi connectivity index (χ1n) is 8.94. The topological polar surface area (TPSA) is 84.5 Å². The summed E-state index contributed by atoms with van der Waals surface area (Å²) in [7, 11) is 0. The largest absolute Gasteiger partial charge is 0.462 e. The number of halogens is 3. The van der Waals surface area contributed by atoms with Gasteiger partial charge in [0.25, 0.3) is 5.91 Å². The Morgan fingerprint density at radius 1 is 1.13 bits per heavy atom. The molecular formula is C20H21F3N2O4S. The molecule has 1 aromatic carbocycles. The molecule has 10 heteroatoms. The van der Waals surface area contributed by atoms with Gasteiger partial charge in [0.05, 0.1) is 17.2 Å². The molecule has 2 rings (SSSR count). The van der Waals surface area contributed by atoms with Crippen LogP contribution >= 0.6 is 11.3 Å². The Balaban J connectivity index is 2.40. The van der Waals surface area contributed by atoms with E-state index in [1.54, 1.807) is 19.9 Å². The standard InChI is InChI=1S/C20H21F3N2O4S/c1-5-29-17(27)16-11(2)9-15(30-16)24-18(28)19(4,25-12(3)26)13-7-6-8-14(10-13)20(21,22)23/h6-10H,5H2,1-4H3,(H,24,28)(H,25,26). The van der Waals surface area contributed by atoms with Crippen molar-refractivity contribution in [2.75, 3.05) is 11.9 Å². The fourth-order valence-electron chi connectivity index (χ4n) is 2.80. The minimum absolute atomic E-state index is 0.0380. The Morgan fingerprint density at radius 2 is 1.77 bits per heavy atom. The summed E-state index contributed by atoms with van der Waals surface area (Å²) in [5.74, 6) is -1.89. The van der Waals surface area contributed by atoms with Crippen LogP contribution in [0.3, 0.4) is 0 Å². The molecule has 1 unspecified atom stereocenters. The number of alkyl halides is 3. The number of esters is 1. The van der Waals surface area contributed by atoms with Crippen LogP contribution in [0.5, 0.6) is 0 Å². The second kappa shape index (κ2) is 8.86. The monoisotopic (exact) mass is 442 g/mol. The highest BCUT2D eigenvalue weighted by molar-refractivity contribution is 7.18. The lowest BCUT2D eigenvalue weighted by molar-refractivity contribution is -0.137. The smallest absolute Gasteiger partial charge is 0.416 e. The third-order valence-corrected chi connectivity index (χ3v) is 5.40. The summed E-state index contributed by atoms with van der Waals surface area (Å²) in [5.41, 5.74) is -2.19. The lowest BCUT2D eigenvalue weighted by Crippen LogP contribution is -2.51. The van der Waals surface area contributed by atoms with Crippen molar-refractivity contribution in [1.82, 2.24) is 5.32 Å². The number of thiophene rings is 1. The number of rotatable bonds is 6. The summed E-state index contributed by atoms with van der Waals surface area (Å²) in [6, 6.07) is 5.74. The highest BCUT2D eigenvalue weighted by atomic mass is 32.1. The maximum Gasteiger partial charge on any atom is 0.416 e. The van der Waals surface area contributed by atoms with Crippen molar-refractivity contribution in [2.24, 2.45) is 0 Å². The van der Waals surface area contributed by atoms with Gasteiger partial charge in [0, 0.05) is 6.92 Å². The molecule has 0 fully saturated rings. The van der Waals surface area contributed by atoms with E-state index in [2.05, 4.69) is 10.6 Å². The van der Waals surface area contributed by atoms with Crippen LogP contribution in [0, 0.1) is 6.92 Å². The van der Waals surface area contributed by atoms with E-state index in [4.69, 9.17) is 4.74 Å². The average Bonchev–Trinajstić information content (AvgIpc) is 3.01. The zero-order chi connectivity index (χ0) is 22.7. The van der Waals surface area contributed by atoms with Crippen LogP contribution in [-0.4, -0.2) is 24.4 Å². The Bertz CT molecular complexity index is 971.